The summed E-state index contributed by atoms with van der Waals surface area (Å²) in [6.45, 7) is 0.586. The summed E-state index contributed by atoms with van der Waals surface area (Å²) in [7, 11) is 0. The summed E-state index contributed by atoms with van der Waals surface area (Å²) in [4.78, 5) is 0. The van der Waals surface area contributed by atoms with Gasteiger partial charge in [-0.05, 0) is 17.7 Å². The van der Waals surface area contributed by atoms with Crippen molar-refractivity contribution in [2.45, 2.75) is 15.8 Å². The fourth-order valence-corrected chi connectivity index (χ4v) is 2.31. The molecule has 2 rings (SSSR count). The van der Waals surface area contributed by atoms with Crippen LogP contribution in [0.15, 0.2) is 24.3 Å². The molecule has 0 saturated carbocycles. The Hall–Kier alpha value is 0.340. The van der Waals surface area contributed by atoms with Gasteiger partial charge in [-0.15, -0.1) is 0 Å². The summed E-state index contributed by atoms with van der Waals surface area (Å²) < 4.78 is 4.11. The van der Waals surface area contributed by atoms with Crippen LogP contribution in [-0.4, -0.2) is 10.4 Å². The van der Waals surface area contributed by atoms with Gasteiger partial charge in [-0.3, -0.25) is 0 Å². The predicted octanol–water partition coefficient (Wildman–Crippen LogP) is 4.33. The van der Waals surface area contributed by atoms with Crippen LogP contribution in [0.25, 0.3) is 0 Å². The molecular weight excluding hydrogens is 278 g/mol. The van der Waals surface area contributed by atoms with Crippen LogP contribution in [0.3, 0.4) is 0 Å². The van der Waals surface area contributed by atoms with E-state index in [0.717, 1.165) is 5.56 Å². The van der Waals surface area contributed by atoms with Gasteiger partial charge < -0.3 is 4.74 Å². The number of rotatable bonds is 2. The van der Waals surface area contributed by atoms with E-state index in [1.165, 1.54) is 0 Å². The maximum Gasteiger partial charge on any atom is 0.193 e. The maximum atomic E-state index is 5.80. The van der Waals surface area contributed by atoms with Crippen LogP contribution >= 0.6 is 46.4 Å². The molecule has 1 fully saturated rings. The van der Waals surface area contributed by atoms with Gasteiger partial charge in [0.2, 0.25) is 0 Å². The molecule has 1 nitrogen and oxygen atoms in total. The fraction of sp³-hybridized carbons (Fsp3) is 0.400. The summed E-state index contributed by atoms with van der Waals surface area (Å²) in [6, 6.07) is 7.40. The van der Waals surface area contributed by atoms with Crippen molar-refractivity contribution in [1.29, 1.82) is 0 Å². The highest BCUT2D eigenvalue weighted by Crippen LogP contribution is 2.49. The Morgan fingerprint density at radius 2 is 1.73 bits per heavy atom. The quantitative estimate of drug-likeness (QED) is 0.582. The number of alkyl halides is 3. The molecule has 0 spiro atoms. The fourth-order valence-electron chi connectivity index (χ4n) is 1.54. The molecule has 1 aromatic rings. The minimum atomic E-state index is -1.30. The third kappa shape index (κ3) is 2.92. The van der Waals surface area contributed by atoms with E-state index in [2.05, 4.69) is 0 Å². The standard InChI is InChI=1S/C10H8Cl4O/c11-8-3-1-7(2-4-8)9(6-15-9)5-10(12,13)14/h1-4H,5-6H2. The van der Waals surface area contributed by atoms with Crippen LogP contribution in [0, 0.1) is 0 Å². The molecule has 1 unspecified atom stereocenters. The van der Waals surface area contributed by atoms with Gasteiger partial charge in [-0.2, -0.15) is 0 Å². The summed E-state index contributed by atoms with van der Waals surface area (Å²) >= 11 is 23.1. The summed E-state index contributed by atoms with van der Waals surface area (Å²) in [5.74, 6) is 0. The van der Waals surface area contributed by atoms with E-state index in [-0.39, 0.29) is 0 Å². The minimum absolute atomic E-state index is 0.353. The zero-order valence-electron chi connectivity index (χ0n) is 7.64. The van der Waals surface area contributed by atoms with E-state index in [1.54, 1.807) is 12.1 Å². The second kappa shape index (κ2) is 3.97. The largest absolute Gasteiger partial charge is 0.364 e. The minimum Gasteiger partial charge on any atom is -0.364 e. The first kappa shape index (κ1) is 11.8. The van der Waals surface area contributed by atoms with Crippen LogP contribution in [0.5, 0.6) is 0 Å². The average molecular weight is 286 g/mol. The second-order valence-corrected chi connectivity index (χ2v) is 6.53. The lowest BCUT2D eigenvalue weighted by Gasteiger charge is -2.17. The predicted molar refractivity (Wildman–Crippen MR) is 64.0 cm³/mol. The zero-order valence-corrected chi connectivity index (χ0v) is 10.7. The van der Waals surface area contributed by atoms with Gasteiger partial charge in [-0.1, -0.05) is 58.5 Å². The molecule has 15 heavy (non-hydrogen) atoms. The molecule has 1 atom stereocenters. The van der Waals surface area contributed by atoms with Crippen LogP contribution in [0.4, 0.5) is 0 Å². The highest BCUT2D eigenvalue weighted by Gasteiger charge is 2.51. The van der Waals surface area contributed by atoms with Crippen molar-refractivity contribution in [2.75, 3.05) is 6.61 Å². The third-order valence-corrected chi connectivity index (χ3v) is 3.00. The lowest BCUT2D eigenvalue weighted by Crippen LogP contribution is -2.18. The zero-order chi connectivity index (χ0) is 11.1. The van der Waals surface area contributed by atoms with Gasteiger partial charge in [0.1, 0.15) is 5.60 Å². The molecule has 0 aromatic heterocycles. The number of halogens is 4. The van der Waals surface area contributed by atoms with Crippen LogP contribution in [0.2, 0.25) is 5.02 Å². The molecule has 5 heteroatoms. The number of hydrogen-bond acceptors (Lipinski definition) is 1. The maximum absolute atomic E-state index is 5.80. The van der Waals surface area contributed by atoms with Crippen LogP contribution in [-0.2, 0) is 10.3 Å². The number of ether oxygens (including phenoxy) is 1. The molecule has 1 aliphatic rings. The molecule has 0 N–H and O–H groups in total. The molecule has 1 aromatic carbocycles. The first-order chi connectivity index (χ1) is 6.91. The van der Waals surface area contributed by atoms with Crippen LogP contribution < -0.4 is 0 Å². The first-order valence-electron chi connectivity index (χ1n) is 4.38. The molecule has 0 radical (unpaired) electrons. The van der Waals surface area contributed by atoms with Gasteiger partial charge in [-0.25, -0.2) is 0 Å². The Bertz CT molecular complexity index is 351. The second-order valence-electron chi connectivity index (χ2n) is 3.58. The number of epoxide rings is 1. The van der Waals surface area contributed by atoms with Gasteiger partial charge in [0, 0.05) is 11.4 Å². The van der Waals surface area contributed by atoms with E-state index < -0.39 is 9.39 Å². The van der Waals surface area contributed by atoms with Gasteiger partial charge in [0.05, 0.1) is 6.61 Å². The van der Waals surface area contributed by atoms with E-state index in [1.807, 2.05) is 12.1 Å². The first-order valence-corrected chi connectivity index (χ1v) is 5.89. The van der Waals surface area contributed by atoms with E-state index >= 15 is 0 Å². The molecular formula is C10H8Cl4O. The number of hydrogen-bond donors (Lipinski definition) is 0. The molecule has 82 valence electrons. The van der Waals surface area contributed by atoms with Crippen molar-refractivity contribution in [1.82, 2.24) is 0 Å². The topological polar surface area (TPSA) is 12.5 Å². The average Bonchev–Trinajstić information content (AvgIpc) is 2.83. The SMILES string of the molecule is Clc1ccc(C2(CC(Cl)(Cl)Cl)CO2)cc1. The van der Waals surface area contributed by atoms with Crippen molar-refractivity contribution in [3.8, 4) is 0 Å². The Kier molecular flexibility index (Phi) is 3.13. The van der Waals surface area contributed by atoms with Crippen molar-refractivity contribution in [3.63, 3.8) is 0 Å². The summed E-state index contributed by atoms with van der Waals surface area (Å²) in [6.07, 6.45) is 0.353. The smallest absolute Gasteiger partial charge is 0.193 e. The molecule has 1 aliphatic heterocycles. The van der Waals surface area contributed by atoms with E-state index in [4.69, 9.17) is 51.1 Å². The monoisotopic (exact) mass is 284 g/mol. The highest BCUT2D eigenvalue weighted by molar-refractivity contribution is 6.67. The Morgan fingerprint density at radius 1 is 1.20 bits per heavy atom. The van der Waals surface area contributed by atoms with Crippen molar-refractivity contribution in [2.24, 2.45) is 0 Å². The van der Waals surface area contributed by atoms with Crippen LogP contribution in [0.1, 0.15) is 12.0 Å². The van der Waals surface area contributed by atoms with Crippen molar-refractivity contribution in [3.05, 3.63) is 34.9 Å². The molecule has 1 heterocycles. The van der Waals surface area contributed by atoms with Crippen molar-refractivity contribution >= 4 is 46.4 Å². The third-order valence-electron chi connectivity index (χ3n) is 2.35. The van der Waals surface area contributed by atoms with E-state index in [9.17, 15) is 0 Å². The Labute approximate surface area is 108 Å². The van der Waals surface area contributed by atoms with Gasteiger partial charge in [0.25, 0.3) is 0 Å². The Balaban J connectivity index is 2.20. The normalized spacial score (nSPS) is 25.3. The molecule has 1 saturated heterocycles. The molecule has 0 aliphatic carbocycles. The number of benzene rings is 1. The highest BCUT2D eigenvalue weighted by atomic mass is 35.6. The molecule has 0 amide bonds. The van der Waals surface area contributed by atoms with Crippen molar-refractivity contribution < 1.29 is 4.74 Å². The summed E-state index contributed by atoms with van der Waals surface area (Å²) in [5, 5.41) is 0.684. The lowest BCUT2D eigenvalue weighted by atomic mass is 9.97. The summed E-state index contributed by atoms with van der Waals surface area (Å²) in [5.41, 5.74) is 0.564. The van der Waals surface area contributed by atoms with Gasteiger partial charge >= 0.3 is 0 Å². The van der Waals surface area contributed by atoms with Gasteiger partial charge in [0.15, 0.2) is 3.79 Å². The lowest BCUT2D eigenvalue weighted by molar-refractivity contribution is 0.295. The molecule has 0 bridgehead atoms. The Morgan fingerprint density at radius 3 is 2.13 bits per heavy atom. The van der Waals surface area contributed by atoms with E-state index in [0.29, 0.717) is 18.1 Å².